The van der Waals surface area contributed by atoms with E-state index in [9.17, 15) is 4.79 Å². The van der Waals surface area contributed by atoms with Crippen molar-refractivity contribution in [1.82, 2.24) is 0 Å². The van der Waals surface area contributed by atoms with Gasteiger partial charge in [-0.05, 0) is 31.5 Å². The Labute approximate surface area is 113 Å². The Morgan fingerprint density at radius 1 is 1.44 bits per heavy atom. The molecule has 0 amide bonds. The molecule has 4 heteroatoms. The SMILES string of the molecule is CCOc1ccc(Br)cc1C(=O)C(Br)CC. The maximum atomic E-state index is 12.1. The van der Waals surface area contributed by atoms with E-state index < -0.39 is 0 Å². The van der Waals surface area contributed by atoms with Crippen molar-refractivity contribution in [3.05, 3.63) is 28.2 Å². The van der Waals surface area contributed by atoms with Crippen LogP contribution in [-0.4, -0.2) is 17.2 Å². The van der Waals surface area contributed by atoms with Gasteiger partial charge in [0, 0.05) is 4.47 Å². The molecule has 0 spiro atoms. The lowest BCUT2D eigenvalue weighted by atomic mass is 10.1. The molecule has 0 saturated heterocycles. The van der Waals surface area contributed by atoms with Crippen LogP contribution in [0, 0.1) is 0 Å². The highest BCUT2D eigenvalue weighted by Gasteiger charge is 2.19. The van der Waals surface area contributed by atoms with E-state index in [0.29, 0.717) is 17.9 Å². The van der Waals surface area contributed by atoms with Gasteiger partial charge in [0.15, 0.2) is 5.78 Å². The largest absolute Gasteiger partial charge is 0.493 e. The van der Waals surface area contributed by atoms with E-state index in [-0.39, 0.29) is 10.6 Å². The second kappa shape index (κ2) is 6.40. The van der Waals surface area contributed by atoms with Gasteiger partial charge in [0.2, 0.25) is 0 Å². The normalized spacial score (nSPS) is 12.2. The van der Waals surface area contributed by atoms with Crippen LogP contribution in [0.4, 0.5) is 0 Å². The molecule has 0 aliphatic rings. The third kappa shape index (κ3) is 3.32. The number of hydrogen-bond acceptors (Lipinski definition) is 2. The number of hydrogen-bond donors (Lipinski definition) is 0. The minimum atomic E-state index is -0.152. The van der Waals surface area contributed by atoms with Crippen LogP contribution in [0.1, 0.15) is 30.6 Å². The Hall–Kier alpha value is -0.350. The first-order valence-corrected chi connectivity index (χ1v) is 6.91. The summed E-state index contributed by atoms with van der Waals surface area (Å²) >= 11 is 6.73. The van der Waals surface area contributed by atoms with Gasteiger partial charge >= 0.3 is 0 Å². The van der Waals surface area contributed by atoms with Gasteiger partial charge in [0.1, 0.15) is 5.75 Å². The molecule has 0 aliphatic carbocycles. The molecule has 1 rings (SSSR count). The molecule has 0 N–H and O–H groups in total. The van der Waals surface area contributed by atoms with Gasteiger partial charge in [-0.3, -0.25) is 4.79 Å². The fraction of sp³-hybridized carbons (Fsp3) is 0.417. The third-order valence-electron chi connectivity index (χ3n) is 2.15. The number of halogens is 2. The lowest BCUT2D eigenvalue weighted by Crippen LogP contribution is -2.14. The Kier molecular flexibility index (Phi) is 5.49. The van der Waals surface area contributed by atoms with E-state index in [1.807, 2.05) is 26.0 Å². The lowest BCUT2D eigenvalue weighted by molar-refractivity contribution is 0.0986. The molecule has 2 nitrogen and oxygen atoms in total. The maximum absolute atomic E-state index is 12.1. The van der Waals surface area contributed by atoms with Crippen LogP contribution in [0.25, 0.3) is 0 Å². The molecule has 0 bridgehead atoms. The highest BCUT2D eigenvalue weighted by Crippen LogP contribution is 2.26. The molecule has 0 saturated carbocycles. The molecule has 1 aromatic rings. The number of ether oxygens (including phenoxy) is 1. The van der Waals surface area contributed by atoms with Gasteiger partial charge in [0.25, 0.3) is 0 Å². The van der Waals surface area contributed by atoms with Gasteiger partial charge in [-0.2, -0.15) is 0 Å². The monoisotopic (exact) mass is 348 g/mol. The van der Waals surface area contributed by atoms with Crippen LogP contribution in [-0.2, 0) is 0 Å². The minimum Gasteiger partial charge on any atom is -0.493 e. The van der Waals surface area contributed by atoms with Gasteiger partial charge in [-0.15, -0.1) is 0 Å². The van der Waals surface area contributed by atoms with Crippen molar-refractivity contribution in [3.8, 4) is 5.75 Å². The molecule has 1 aromatic carbocycles. The van der Waals surface area contributed by atoms with Crippen molar-refractivity contribution in [1.29, 1.82) is 0 Å². The number of alkyl halides is 1. The predicted octanol–water partition coefficient (Wildman–Crippen LogP) is 4.20. The summed E-state index contributed by atoms with van der Waals surface area (Å²) in [5, 5.41) is 0. The molecule has 0 heterocycles. The number of rotatable bonds is 5. The number of carbonyl (C=O) groups excluding carboxylic acids is 1. The second-order valence-electron chi connectivity index (χ2n) is 3.31. The summed E-state index contributed by atoms with van der Waals surface area (Å²) in [6, 6.07) is 5.49. The summed E-state index contributed by atoms with van der Waals surface area (Å²) in [4.78, 5) is 11.9. The summed E-state index contributed by atoms with van der Waals surface area (Å²) in [6.45, 7) is 4.43. The fourth-order valence-electron chi connectivity index (χ4n) is 1.33. The molecular formula is C12H14Br2O2. The van der Waals surface area contributed by atoms with Crippen LogP contribution in [0.3, 0.4) is 0 Å². The van der Waals surface area contributed by atoms with Crippen molar-refractivity contribution in [2.45, 2.75) is 25.1 Å². The van der Waals surface area contributed by atoms with Gasteiger partial charge in [0.05, 0.1) is 17.0 Å². The molecule has 0 fully saturated rings. The first-order chi connectivity index (χ1) is 7.60. The smallest absolute Gasteiger partial charge is 0.180 e. The molecular weight excluding hydrogens is 336 g/mol. The van der Waals surface area contributed by atoms with Gasteiger partial charge in [-0.1, -0.05) is 38.8 Å². The quantitative estimate of drug-likeness (QED) is 0.588. The summed E-state index contributed by atoms with van der Waals surface area (Å²) in [5.41, 5.74) is 0.625. The zero-order valence-electron chi connectivity index (χ0n) is 9.30. The third-order valence-corrected chi connectivity index (χ3v) is 3.71. The van der Waals surface area contributed by atoms with Crippen molar-refractivity contribution in [2.24, 2.45) is 0 Å². The van der Waals surface area contributed by atoms with E-state index in [0.717, 1.165) is 10.9 Å². The Morgan fingerprint density at radius 2 is 2.12 bits per heavy atom. The first-order valence-electron chi connectivity index (χ1n) is 5.20. The molecule has 88 valence electrons. The number of Topliss-reactive ketones (excluding diaryl/α,β-unsaturated/α-hetero) is 1. The Morgan fingerprint density at radius 3 is 2.69 bits per heavy atom. The Balaban J connectivity index is 3.08. The first kappa shape index (κ1) is 13.7. The fourth-order valence-corrected chi connectivity index (χ4v) is 1.94. The minimum absolute atomic E-state index is 0.0623. The van der Waals surface area contributed by atoms with Crippen LogP contribution < -0.4 is 4.74 Å². The average Bonchev–Trinajstić information content (AvgIpc) is 2.29. The highest BCUT2D eigenvalue weighted by atomic mass is 79.9. The maximum Gasteiger partial charge on any atom is 0.180 e. The van der Waals surface area contributed by atoms with E-state index in [1.54, 1.807) is 6.07 Å². The topological polar surface area (TPSA) is 26.3 Å². The summed E-state index contributed by atoms with van der Waals surface area (Å²) < 4.78 is 6.33. The molecule has 0 radical (unpaired) electrons. The molecule has 16 heavy (non-hydrogen) atoms. The molecule has 0 aromatic heterocycles. The van der Waals surface area contributed by atoms with Gasteiger partial charge < -0.3 is 4.74 Å². The van der Waals surface area contributed by atoms with E-state index >= 15 is 0 Å². The second-order valence-corrected chi connectivity index (χ2v) is 5.33. The predicted molar refractivity (Wildman–Crippen MR) is 72.6 cm³/mol. The van der Waals surface area contributed by atoms with Crippen molar-refractivity contribution < 1.29 is 9.53 Å². The summed E-state index contributed by atoms with van der Waals surface area (Å²) in [6.07, 6.45) is 0.761. The van der Waals surface area contributed by atoms with E-state index in [2.05, 4.69) is 31.9 Å². The number of ketones is 1. The van der Waals surface area contributed by atoms with Crippen molar-refractivity contribution in [3.63, 3.8) is 0 Å². The average molecular weight is 350 g/mol. The van der Waals surface area contributed by atoms with Crippen LogP contribution in [0.15, 0.2) is 22.7 Å². The molecule has 1 unspecified atom stereocenters. The summed E-state index contributed by atoms with van der Waals surface area (Å²) in [5.74, 6) is 0.709. The van der Waals surface area contributed by atoms with E-state index in [4.69, 9.17) is 4.74 Å². The zero-order chi connectivity index (χ0) is 12.1. The highest BCUT2D eigenvalue weighted by molar-refractivity contribution is 9.10. The summed E-state index contributed by atoms with van der Waals surface area (Å²) in [7, 11) is 0. The van der Waals surface area contributed by atoms with E-state index in [1.165, 1.54) is 0 Å². The van der Waals surface area contributed by atoms with Crippen LogP contribution in [0.2, 0.25) is 0 Å². The Bertz CT molecular complexity index is 377. The van der Waals surface area contributed by atoms with Crippen molar-refractivity contribution >= 4 is 37.6 Å². The molecule has 0 aliphatic heterocycles. The number of carbonyl (C=O) groups is 1. The standard InChI is InChI=1S/C12H14Br2O2/c1-3-10(14)12(15)9-7-8(13)5-6-11(9)16-4-2/h5-7,10H,3-4H2,1-2H3. The molecule has 1 atom stereocenters. The van der Waals surface area contributed by atoms with Crippen LogP contribution in [0.5, 0.6) is 5.75 Å². The zero-order valence-corrected chi connectivity index (χ0v) is 12.5. The lowest BCUT2D eigenvalue weighted by Gasteiger charge is -2.12. The number of benzene rings is 1. The van der Waals surface area contributed by atoms with Gasteiger partial charge in [-0.25, -0.2) is 0 Å². The van der Waals surface area contributed by atoms with Crippen molar-refractivity contribution in [2.75, 3.05) is 6.61 Å². The van der Waals surface area contributed by atoms with Crippen LogP contribution >= 0.6 is 31.9 Å².